The Bertz CT molecular complexity index is 653. The smallest absolute Gasteiger partial charge is 0.289 e. The van der Waals surface area contributed by atoms with Crippen molar-refractivity contribution in [3.8, 4) is 11.5 Å². The van der Waals surface area contributed by atoms with Gasteiger partial charge in [-0.15, -0.1) is 0 Å². The molecule has 0 aromatic heterocycles. The summed E-state index contributed by atoms with van der Waals surface area (Å²) in [6.45, 7) is 9.01. The normalized spacial score (nSPS) is 16.1. The van der Waals surface area contributed by atoms with E-state index in [9.17, 15) is 4.79 Å². The minimum Gasteiger partial charge on any atom is -0.490 e. The Morgan fingerprint density at radius 1 is 1.23 bits per heavy atom. The second kappa shape index (κ2) is 7.15. The molecule has 1 amide bonds. The van der Waals surface area contributed by atoms with Crippen LogP contribution >= 0.6 is 24.0 Å². The van der Waals surface area contributed by atoms with Crippen molar-refractivity contribution in [2.24, 2.45) is 0 Å². The van der Waals surface area contributed by atoms with Crippen molar-refractivity contribution in [2.75, 3.05) is 13.2 Å². The fraction of sp³-hybridized carbons (Fsp3) is 0.375. The molecular weight excluding hydrogens is 318 g/mol. The lowest BCUT2D eigenvalue weighted by atomic mass is 10.0. The fourth-order valence-electron chi connectivity index (χ4n) is 2.24. The number of nitrogens with one attached hydrogen (secondary N) is 1. The predicted octanol–water partition coefficient (Wildman–Crippen LogP) is 4.23. The number of thioether (sulfide) groups is 1. The number of hydrogen-bond donors (Lipinski definition) is 1. The van der Waals surface area contributed by atoms with Gasteiger partial charge in [-0.05, 0) is 62.7 Å². The highest BCUT2D eigenvalue weighted by Gasteiger charge is 2.23. The molecule has 0 unspecified atom stereocenters. The zero-order valence-electron chi connectivity index (χ0n) is 13.1. The number of benzene rings is 1. The van der Waals surface area contributed by atoms with E-state index >= 15 is 0 Å². The van der Waals surface area contributed by atoms with Gasteiger partial charge in [-0.1, -0.05) is 12.2 Å². The standard InChI is InChI=1S/C16H19NO3S2/c1-5-19-13-9(3)7-11(10(4)14(13)20-6-2)8-12-15(21)17-16(18)22-12/h7-8H,5-6H2,1-4H3,(H,17,18,21). The quantitative estimate of drug-likeness (QED) is 0.644. The molecule has 1 saturated heterocycles. The van der Waals surface area contributed by atoms with Crippen molar-refractivity contribution in [3.05, 3.63) is 27.7 Å². The minimum atomic E-state index is -0.137. The summed E-state index contributed by atoms with van der Waals surface area (Å²) in [6, 6.07) is 2.03. The summed E-state index contributed by atoms with van der Waals surface area (Å²) in [5, 5.41) is 2.49. The minimum absolute atomic E-state index is 0.137. The molecule has 1 heterocycles. The summed E-state index contributed by atoms with van der Waals surface area (Å²) in [6.07, 6.45) is 1.92. The van der Waals surface area contributed by atoms with Gasteiger partial charge in [0.2, 0.25) is 0 Å². The van der Waals surface area contributed by atoms with Crippen molar-refractivity contribution < 1.29 is 14.3 Å². The lowest BCUT2D eigenvalue weighted by Gasteiger charge is -2.18. The van der Waals surface area contributed by atoms with Gasteiger partial charge in [-0.25, -0.2) is 0 Å². The molecule has 0 aliphatic carbocycles. The zero-order valence-corrected chi connectivity index (χ0v) is 14.7. The predicted molar refractivity (Wildman–Crippen MR) is 95.0 cm³/mol. The van der Waals surface area contributed by atoms with Crippen molar-refractivity contribution in [1.29, 1.82) is 0 Å². The molecule has 0 bridgehead atoms. The highest BCUT2D eigenvalue weighted by molar-refractivity contribution is 8.19. The second-order valence-corrected chi connectivity index (χ2v) is 6.21. The van der Waals surface area contributed by atoms with Gasteiger partial charge in [0.1, 0.15) is 4.99 Å². The molecule has 0 spiro atoms. The molecule has 6 heteroatoms. The van der Waals surface area contributed by atoms with E-state index in [1.54, 1.807) is 0 Å². The van der Waals surface area contributed by atoms with E-state index in [-0.39, 0.29) is 5.24 Å². The third-order valence-electron chi connectivity index (χ3n) is 3.22. The van der Waals surface area contributed by atoms with E-state index in [0.29, 0.717) is 18.2 Å². The summed E-state index contributed by atoms with van der Waals surface area (Å²) >= 11 is 6.28. The number of rotatable bonds is 5. The van der Waals surface area contributed by atoms with Gasteiger partial charge in [-0.2, -0.15) is 0 Å². The number of amides is 1. The highest BCUT2D eigenvalue weighted by Crippen LogP contribution is 2.38. The maximum Gasteiger partial charge on any atom is 0.289 e. The van der Waals surface area contributed by atoms with Gasteiger partial charge < -0.3 is 14.8 Å². The van der Waals surface area contributed by atoms with Crippen LogP contribution in [0.3, 0.4) is 0 Å². The average molecular weight is 337 g/mol. The van der Waals surface area contributed by atoms with E-state index < -0.39 is 0 Å². The number of thiocarbonyl (C=S) groups is 1. The van der Waals surface area contributed by atoms with E-state index in [0.717, 1.165) is 44.9 Å². The largest absolute Gasteiger partial charge is 0.490 e. The van der Waals surface area contributed by atoms with Gasteiger partial charge in [0.25, 0.3) is 5.24 Å². The average Bonchev–Trinajstić information content (AvgIpc) is 2.77. The van der Waals surface area contributed by atoms with Crippen LogP contribution < -0.4 is 14.8 Å². The zero-order chi connectivity index (χ0) is 16.3. The van der Waals surface area contributed by atoms with Crippen LogP contribution in [0.1, 0.15) is 30.5 Å². The summed E-state index contributed by atoms with van der Waals surface area (Å²) in [4.78, 5) is 12.6. The van der Waals surface area contributed by atoms with Crippen LogP contribution in [0, 0.1) is 13.8 Å². The van der Waals surface area contributed by atoms with E-state index in [4.69, 9.17) is 21.7 Å². The number of aryl methyl sites for hydroxylation is 1. The maximum absolute atomic E-state index is 11.4. The van der Waals surface area contributed by atoms with Gasteiger partial charge >= 0.3 is 0 Å². The first-order chi connectivity index (χ1) is 10.5. The number of carbonyl (C=O) groups excluding carboxylic acids is 1. The first-order valence-electron chi connectivity index (χ1n) is 7.12. The number of hydrogen-bond acceptors (Lipinski definition) is 5. The molecule has 4 nitrogen and oxygen atoms in total. The van der Waals surface area contributed by atoms with Crippen LogP contribution in [-0.4, -0.2) is 23.4 Å². The van der Waals surface area contributed by atoms with Crippen molar-refractivity contribution in [2.45, 2.75) is 27.7 Å². The number of ether oxygens (including phenoxy) is 2. The summed E-state index contributed by atoms with van der Waals surface area (Å²) in [7, 11) is 0. The van der Waals surface area contributed by atoms with Crippen LogP contribution in [0.2, 0.25) is 0 Å². The molecule has 1 N–H and O–H groups in total. The Kier molecular flexibility index (Phi) is 5.47. The Labute approximate surface area is 140 Å². The monoisotopic (exact) mass is 337 g/mol. The molecule has 0 atom stereocenters. The van der Waals surface area contributed by atoms with Gasteiger partial charge in [0.05, 0.1) is 18.1 Å². The van der Waals surface area contributed by atoms with Crippen LogP contribution in [0.5, 0.6) is 11.5 Å². The molecule has 1 aliphatic rings. The van der Waals surface area contributed by atoms with E-state index in [2.05, 4.69) is 5.32 Å². The molecule has 1 aromatic rings. The van der Waals surface area contributed by atoms with Crippen LogP contribution in [-0.2, 0) is 0 Å². The molecule has 2 rings (SSSR count). The topological polar surface area (TPSA) is 47.6 Å². The van der Waals surface area contributed by atoms with Crippen LogP contribution in [0.15, 0.2) is 11.0 Å². The summed E-state index contributed by atoms with van der Waals surface area (Å²) in [5.74, 6) is 1.53. The lowest BCUT2D eigenvalue weighted by molar-refractivity contribution is 0.265. The maximum atomic E-state index is 11.4. The Hall–Kier alpha value is -1.53. The van der Waals surface area contributed by atoms with Gasteiger partial charge in [0.15, 0.2) is 11.5 Å². The SMILES string of the molecule is CCOc1c(C)cc(C=C2SC(=O)NC2=S)c(C)c1OCC. The molecule has 1 aliphatic heterocycles. The Morgan fingerprint density at radius 3 is 2.41 bits per heavy atom. The van der Waals surface area contributed by atoms with Gasteiger partial charge in [0, 0.05) is 5.56 Å². The first kappa shape index (κ1) is 16.8. The first-order valence-corrected chi connectivity index (χ1v) is 8.35. The van der Waals surface area contributed by atoms with Crippen molar-refractivity contribution >= 4 is 40.3 Å². The lowest BCUT2D eigenvalue weighted by Crippen LogP contribution is -2.15. The van der Waals surface area contributed by atoms with Gasteiger partial charge in [-0.3, -0.25) is 4.79 Å². The summed E-state index contributed by atoms with van der Waals surface area (Å²) in [5.41, 5.74) is 2.95. The third-order valence-corrected chi connectivity index (χ3v) is 4.50. The second-order valence-electron chi connectivity index (χ2n) is 4.78. The van der Waals surface area contributed by atoms with E-state index in [1.807, 2.05) is 39.8 Å². The molecule has 0 saturated carbocycles. The Morgan fingerprint density at radius 2 is 1.86 bits per heavy atom. The van der Waals surface area contributed by atoms with Crippen molar-refractivity contribution in [1.82, 2.24) is 5.32 Å². The molecule has 1 aromatic carbocycles. The molecule has 1 fully saturated rings. The van der Waals surface area contributed by atoms with Crippen LogP contribution in [0.4, 0.5) is 4.79 Å². The third kappa shape index (κ3) is 3.44. The molecule has 22 heavy (non-hydrogen) atoms. The highest BCUT2D eigenvalue weighted by atomic mass is 32.2. The van der Waals surface area contributed by atoms with E-state index in [1.165, 1.54) is 0 Å². The van der Waals surface area contributed by atoms with Crippen LogP contribution in [0.25, 0.3) is 6.08 Å². The molecule has 118 valence electrons. The number of carbonyl (C=O) groups is 1. The summed E-state index contributed by atoms with van der Waals surface area (Å²) < 4.78 is 11.5. The molecular formula is C16H19NO3S2. The fourth-order valence-corrected chi connectivity index (χ4v) is 3.27. The Balaban J connectivity index is 2.51. The molecule has 0 radical (unpaired) electrons. The van der Waals surface area contributed by atoms with Crippen molar-refractivity contribution in [3.63, 3.8) is 0 Å².